The molecule has 38 heavy (non-hydrogen) atoms. The molecule has 210 valence electrons. The van der Waals surface area contributed by atoms with Crippen molar-refractivity contribution in [2.24, 2.45) is 51.2 Å². The summed E-state index contributed by atoms with van der Waals surface area (Å²) in [4.78, 5) is 28.8. The van der Waals surface area contributed by atoms with E-state index in [9.17, 15) is 9.59 Å². The molecule has 0 bridgehead atoms. The van der Waals surface area contributed by atoms with Gasteiger partial charge in [0.2, 0.25) is 5.91 Å². The van der Waals surface area contributed by atoms with Crippen LogP contribution in [0.5, 0.6) is 0 Å². The maximum Gasteiger partial charge on any atom is 0.224 e. The molecule has 1 heterocycles. The Balaban J connectivity index is 1.38. The van der Waals surface area contributed by atoms with Gasteiger partial charge in [-0.25, -0.2) is 0 Å². The van der Waals surface area contributed by atoms with Gasteiger partial charge in [-0.3, -0.25) is 9.59 Å². The number of nitrogens with one attached hydrogen (secondary N) is 1. The summed E-state index contributed by atoms with van der Waals surface area (Å²) >= 11 is 0. The lowest BCUT2D eigenvalue weighted by Crippen LogP contribution is -2.58. The first-order chi connectivity index (χ1) is 17.6. The van der Waals surface area contributed by atoms with E-state index in [4.69, 9.17) is 0 Å². The Morgan fingerprint density at radius 3 is 2.39 bits per heavy atom. The van der Waals surface area contributed by atoms with Crippen LogP contribution in [0, 0.1) is 51.2 Å². The fourth-order valence-corrected chi connectivity index (χ4v) is 9.40. The van der Waals surface area contributed by atoms with Crippen molar-refractivity contribution in [2.45, 2.75) is 100.0 Å². The molecule has 1 saturated heterocycles. The Morgan fingerprint density at radius 2 is 1.74 bits per heavy atom. The van der Waals surface area contributed by atoms with Crippen molar-refractivity contribution >= 4 is 11.7 Å². The molecule has 5 aliphatic rings. The van der Waals surface area contributed by atoms with Gasteiger partial charge >= 0.3 is 0 Å². The minimum Gasteiger partial charge on any atom is -0.377 e. The maximum absolute atomic E-state index is 14.1. The molecule has 3 fully saturated rings. The summed E-state index contributed by atoms with van der Waals surface area (Å²) in [5.41, 5.74) is 2.86. The Hall–Kier alpha value is -1.84. The third kappa shape index (κ3) is 4.42. The van der Waals surface area contributed by atoms with Crippen molar-refractivity contribution in [1.29, 1.82) is 0 Å². The van der Waals surface area contributed by atoms with E-state index in [1.165, 1.54) is 17.7 Å². The van der Waals surface area contributed by atoms with Crippen molar-refractivity contribution in [3.63, 3.8) is 0 Å². The van der Waals surface area contributed by atoms with E-state index < -0.39 is 0 Å². The summed E-state index contributed by atoms with van der Waals surface area (Å²) < 4.78 is 0. The highest BCUT2D eigenvalue weighted by molar-refractivity contribution is 5.91. The molecule has 5 rings (SSSR count). The number of amides is 1. The number of fused-ring (bicyclic) bond motifs is 5. The fourth-order valence-electron chi connectivity index (χ4n) is 9.40. The van der Waals surface area contributed by atoms with Crippen LogP contribution in [0.3, 0.4) is 0 Å². The molecule has 4 nitrogen and oxygen atoms in total. The molecule has 1 aliphatic heterocycles. The molecule has 0 radical (unpaired) electrons. The predicted octanol–water partition coefficient (Wildman–Crippen LogP) is 6.93. The van der Waals surface area contributed by atoms with E-state index >= 15 is 0 Å². The number of nitrogens with zero attached hydrogens (tertiary/aromatic N) is 1. The molecular formula is C34H52N2O2. The number of carbonyl (C=O) groups excluding carboxylic acids is 2. The second-order valence-corrected chi connectivity index (χ2v) is 16.0. The van der Waals surface area contributed by atoms with Gasteiger partial charge in [0.15, 0.2) is 5.78 Å². The van der Waals surface area contributed by atoms with Crippen molar-refractivity contribution < 1.29 is 9.59 Å². The normalized spacial score (nSPS) is 41.1. The second-order valence-electron chi connectivity index (χ2n) is 16.0. The fraction of sp³-hybridized carbons (Fsp3) is 0.765. The average molecular weight is 521 g/mol. The summed E-state index contributed by atoms with van der Waals surface area (Å²) in [5, 5.41) is 3.59. The summed E-state index contributed by atoms with van der Waals surface area (Å²) in [7, 11) is 2.19. The second kappa shape index (κ2) is 9.10. The zero-order valence-electron chi connectivity index (χ0n) is 25.5. The van der Waals surface area contributed by atoms with Gasteiger partial charge in [-0.1, -0.05) is 73.6 Å². The van der Waals surface area contributed by atoms with Gasteiger partial charge in [0.05, 0.1) is 6.04 Å². The van der Waals surface area contributed by atoms with Gasteiger partial charge in [-0.05, 0) is 71.7 Å². The van der Waals surface area contributed by atoms with Crippen molar-refractivity contribution in [2.75, 3.05) is 13.6 Å². The van der Waals surface area contributed by atoms with Crippen molar-refractivity contribution in [3.05, 3.63) is 35.6 Å². The number of likely N-dealkylation sites (tertiary alicyclic amines) is 1. The molecule has 1 N–H and O–H groups in total. The van der Waals surface area contributed by atoms with Crippen LogP contribution >= 0.6 is 0 Å². The zero-order valence-corrected chi connectivity index (χ0v) is 25.5. The zero-order chi connectivity index (χ0) is 27.8. The highest BCUT2D eigenvalue weighted by Gasteiger charge is 2.61. The smallest absolute Gasteiger partial charge is 0.224 e. The molecule has 0 aromatic heterocycles. The quantitative estimate of drug-likeness (QED) is 0.429. The van der Waals surface area contributed by atoms with Crippen LogP contribution in [0.1, 0.15) is 93.9 Å². The first-order valence-corrected chi connectivity index (χ1v) is 15.2. The average Bonchev–Trinajstić information content (AvgIpc) is 3.16. The van der Waals surface area contributed by atoms with Crippen LogP contribution in [0.4, 0.5) is 0 Å². The van der Waals surface area contributed by atoms with Gasteiger partial charge < -0.3 is 10.2 Å². The number of carbonyl (C=O) groups is 2. The molecule has 0 spiro atoms. The summed E-state index contributed by atoms with van der Waals surface area (Å²) in [6.45, 7) is 19.5. The summed E-state index contributed by atoms with van der Waals surface area (Å²) in [6.07, 6.45) is 15.0. The monoisotopic (exact) mass is 520 g/mol. The standard InChI is InChI=1S/C34H52N2O2/c1-31(2,3)21-10-11-26(32(4,5)6)28(18-21)35-30(38)27-13-12-24-23-20-36(9)29-19-22(37)14-16-34(29,8)25(23)15-17-33(24,27)7/h10-11,18-19,23-28H,12-17,20H2,1-9H3,(H,35,38)/t23?,24?,25?,26?,27?,28?,33-,34?/m0/s1. The summed E-state index contributed by atoms with van der Waals surface area (Å²) in [6, 6.07) is 0.0351. The van der Waals surface area contributed by atoms with Gasteiger partial charge in [-0.15, -0.1) is 0 Å². The van der Waals surface area contributed by atoms with Crippen molar-refractivity contribution in [3.8, 4) is 0 Å². The van der Waals surface area contributed by atoms with E-state index in [1.54, 1.807) is 0 Å². The van der Waals surface area contributed by atoms with Crippen molar-refractivity contribution in [1.82, 2.24) is 10.2 Å². The number of rotatable bonds is 2. The Kier molecular flexibility index (Phi) is 6.63. The van der Waals surface area contributed by atoms with E-state index in [1.807, 2.05) is 6.08 Å². The lowest BCUT2D eigenvalue weighted by atomic mass is 9.49. The van der Waals surface area contributed by atoms with Crippen LogP contribution in [-0.4, -0.2) is 36.2 Å². The molecule has 4 heteroatoms. The van der Waals surface area contributed by atoms with Crippen LogP contribution < -0.4 is 5.32 Å². The lowest BCUT2D eigenvalue weighted by Gasteiger charge is -2.60. The molecule has 0 aromatic carbocycles. The first-order valence-electron chi connectivity index (χ1n) is 15.2. The molecular weight excluding hydrogens is 468 g/mol. The van der Waals surface area contributed by atoms with Crippen LogP contribution in [0.25, 0.3) is 0 Å². The van der Waals surface area contributed by atoms with Gasteiger partial charge in [0.1, 0.15) is 0 Å². The van der Waals surface area contributed by atoms with E-state index in [0.29, 0.717) is 24.2 Å². The molecule has 4 aliphatic carbocycles. The third-order valence-corrected chi connectivity index (χ3v) is 11.6. The third-order valence-electron chi connectivity index (χ3n) is 11.6. The van der Waals surface area contributed by atoms with E-state index in [2.05, 4.69) is 90.9 Å². The highest BCUT2D eigenvalue weighted by Crippen LogP contribution is 2.65. The SMILES string of the molecule is CN1CC2C(CC[C@]3(C)C(C(=O)NC4C=C(C(C)(C)C)C=CC4C(C)(C)C)CCC23)C2(C)CCC(=O)C=C12. The largest absolute Gasteiger partial charge is 0.377 e. The van der Waals surface area contributed by atoms with Gasteiger partial charge in [0.25, 0.3) is 0 Å². The minimum atomic E-state index is 0.0351. The van der Waals surface area contributed by atoms with Crippen LogP contribution in [-0.2, 0) is 9.59 Å². The summed E-state index contributed by atoms with van der Waals surface area (Å²) in [5.74, 6) is 2.70. The Bertz CT molecular complexity index is 1080. The molecule has 7 unspecified atom stereocenters. The van der Waals surface area contributed by atoms with E-state index in [0.717, 1.165) is 32.2 Å². The maximum atomic E-state index is 14.1. The van der Waals surface area contributed by atoms with Crippen LogP contribution in [0.15, 0.2) is 35.6 Å². The molecule has 8 atom stereocenters. The number of ketones is 1. The number of allylic oxidation sites excluding steroid dienone is 4. The van der Waals surface area contributed by atoms with Crippen LogP contribution in [0.2, 0.25) is 0 Å². The van der Waals surface area contributed by atoms with Gasteiger partial charge in [-0.2, -0.15) is 0 Å². The Morgan fingerprint density at radius 1 is 1.03 bits per heavy atom. The van der Waals surface area contributed by atoms with Gasteiger partial charge in [0, 0.05) is 49.0 Å². The highest BCUT2D eigenvalue weighted by atomic mass is 16.2. The lowest BCUT2D eigenvalue weighted by molar-refractivity contribution is -0.134. The number of hydrogen-bond donors (Lipinski definition) is 1. The number of hydrogen-bond acceptors (Lipinski definition) is 3. The molecule has 2 saturated carbocycles. The topological polar surface area (TPSA) is 49.4 Å². The minimum absolute atomic E-state index is 0.0351. The molecule has 1 amide bonds. The van der Waals surface area contributed by atoms with E-state index in [-0.39, 0.29) is 51.2 Å². The first kappa shape index (κ1) is 27.7. The molecule has 0 aromatic rings. The Labute approximate surface area is 231 Å². The number of piperidine rings is 1. The predicted molar refractivity (Wildman–Crippen MR) is 155 cm³/mol.